The van der Waals surface area contributed by atoms with Crippen molar-refractivity contribution in [1.29, 1.82) is 0 Å². The van der Waals surface area contributed by atoms with Crippen molar-refractivity contribution in [2.45, 2.75) is 12.6 Å². The lowest BCUT2D eigenvalue weighted by atomic mass is 10.1. The summed E-state index contributed by atoms with van der Waals surface area (Å²) < 4.78 is 0. The Hall–Kier alpha value is -1.22. The second kappa shape index (κ2) is 5.04. The molecule has 3 rings (SSSR count). The van der Waals surface area contributed by atoms with Crippen molar-refractivity contribution >= 4 is 28.9 Å². The van der Waals surface area contributed by atoms with Crippen molar-refractivity contribution < 1.29 is 0 Å². The van der Waals surface area contributed by atoms with Crippen LogP contribution < -0.4 is 10.6 Å². The average molecular weight is 293 g/mol. The lowest BCUT2D eigenvalue weighted by Crippen LogP contribution is -2.24. The molecule has 2 aromatic carbocycles. The molecule has 98 valence electrons. The number of anilines is 1. The van der Waals surface area contributed by atoms with E-state index >= 15 is 0 Å². The average Bonchev–Trinajstić information content (AvgIpc) is 2.69. The SMILES string of the molecule is NC1CN(Cc2ccccc2Cl)c2ccc(Cl)cc21. The van der Waals surface area contributed by atoms with Crippen molar-refractivity contribution in [3.05, 3.63) is 63.6 Å². The Morgan fingerprint density at radius 1 is 1.16 bits per heavy atom. The van der Waals surface area contributed by atoms with Crippen LogP contribution in [0.5, 0.6) is 0 Å². The monoisotopic (exact) mass is 292 g/mol. The third-order valence-electron chi connectivity index (χ3n) is 3.47. The first-order valence-electron chi connectivity index (χ1n) is 6.18. The van der Waals surface area contributed by atoms with Gasteiger partial charge in [-0.25, -0.2) is 0 Å². The van der Waals surface area contributed by atoms with Gasteiger partial charge in [0.1, 0.15) is 0 Å². The van der Waals surface area contributed by atoms with Gasteiger partial charge in [0.15, 0.2) is 0 Å². The zero-order chi connectivity index (χ0) is 13.4. The Morgan fingerprint density at radius 2 is 1.95 bits per heavy atom. The topological polar surface area (TPSA) is 29.3 Å². The van der Waals surface area contributed by atoms with Crippen LogP contribution in [0.4, 0.5) is 5.69 Å². The molecule has 1 aliphatic heterocycles. The summed E-state index contributed by atoms with van der Waals surface area (Å²) in [6.07, 6.45) is 0. The molecule has 2 N–H and O–H groups in total. The first-order chi connectivity index (χ1) is 9.15. The Balaban J connectivity index is 1.91. The molecule has 0 saturated heterocycles. The summed E-state index contributed by atoms with van der Waals surface area (Å²) in [7, 11) is 0. The Labute approximate surface area is 122 Å². The molecule has 2 nitrogen and oxygen atoms in total. The zero-order valence-electron chi connectivity index (χ0n) is 10.3. The maximum Gasteiger partial charge on any atom is 0.0494 e. The Morgan fingerprint density at radius 3 is 2.74 bits per heavy atom. The molecule has 0 bridgehead atoms. The number of nitrogens with zero attached hydrogens (tertiary/aromatic N) is 1. The van der Waals surface area contributed by atoms with E-state index in [2.05, 4.69) is 4.90 Å². The number of halogens is 2. The van der Waals surface area contributed by atoms with Gasteiger partial charge in [-0.15, -0.1) is 0 Å². The fourth-order valence-corrected chi connectivity index (χ4v) is 2.90. The van der Waals surface area contributed by atoms with Gasteiger partial charge < -0.3 is 10.6 Å². The molecule has 0 aliphatic carbocycles. The minimum atomic E-state index is 0.0104. The van der Waals surface area contributed by atoms with Gasteiger partial charge in [0.25, 0.3) is 0 Å². The van der Waals surface area contributed by atoms with E-state index in [4.69, 9.17) is 28.9 Å². The van der Waals surface area contributed by atoms with Crippen LogP contribution in [0.1, 0.15) is 17.2 Å². The maximum atomic E-state index is 6.21. The second-order valence-corrected chi connectivity index (χ2v) is 5.63. The smallest absolute Gasteiger partial charge is 0.0494 e. The lowest BCUT2D eigenvalue weighted by Gasteiger charge is -2.20. The third kappa shape index (κ3) is 2.44. The highest BCUT2D eigenvalue weighted by atomic mass is 35.5. The first kappa shape index (κ1) is 12.8. The molecule has 1 heterocycles. The van der Waals surface area contributed by atoms with Gasteiger partial charge in [-0.05, 0) is 35.4 Å². The molecular formula is C15H14Cl2N2. The van der Waals surface area contributed by atoms with Crippen LogP contribution in [0.25, 0.3) is 0 Å². The molecule has 0 fully saturated rings. The summed E-state index contributed by atoms with van der Waals surface area (Å²) in [6.45, 7) is 1.56. The van der Waals surface area contributed by atoms with E-state index in [9.17, 15) is 0 Å². The van der Waals surface area contributed by atoms with Gasteiger partial charge >= 0.3 is 0 Å². The van der Waals surface area contributed by atoms with Crippen LogP contribution in [-0.4, -0.2) is 6.54 Å². The van der Waals surface area contributed by atoms with Crippen molar-refractivity contribution in [3.63, 3.8) is 0 Å². The van der Waals surface area contributed by atoms with E-state index in [1.807, 2.05) is 42.5 Å². The number of rotatable bonds is 2. The molecule has 0 aromatic heterocycles. The summed E-state index contributed by atoms with van der Waals surface area (Å²) in [5.74, 6) is 0. The van der Waals surface area contributed by atoms with E-state index < -0.39 is 0 Å². The van der Waals surface area contributed by atoms with E-state index in [0.717, 1.165) is 39.9 Å². The largest absolute Gasteiger partial charge is 0.365 e. The number of hydrogen-bond acceptors (Lipinski definition) is 2. The summed E-state index contributed by atoms with van der Waals surface area (Å²) in [4.78, 5) is 2.25. The summed E-state index contributed by atoms with van der Waals surface area (Å²) in [5, 5.41) is 1.52. The lowest BCUT2D eigenvalue weighted by molar-refractivity contribution is 0.720. The minimum Gasteiger partial charge on any atom is -0.365 e. The van der Waals surface area contributed by atoms with Crippen molar-refractivity contribution in [2.75, 3.05) is 11.4 Å². The molecule has 1 unspecified atom stereocenters. The fraction of sp³-hybridized carbons (Fsp3) is 0.200. The van der Waals surface area contributed by atoms with Crippen LogP contribution in [-0.2, 0) is 6.54 Å². The summed E-state index contributed by atoms with van der Waals surface area (Å²) in [5.41, 5.74) is 9.53. The van der Waals surface area contributed by atoms with E-state index in [1.54, 1.807) is 0 Å². The highest BCUT2D eigenvalue weighted by Crippen LogP contribution is 2.36. The Kier molecular flexibility index (Phi) is 3.40. The van der Waals surface area contributed by atoms with Gasteiger partial charge in [0, 0.05) is 34.9 Å². The van der Waals surface area contributed by atoms with Crippen LogP contribution in [0.2, 0.25) is 10.0 Å². The van der Waals surface area contributed by atoms with Gasteiger partial charge in [0.2, 0.25) is 0 Å². The van der Waals surface area contributed by atoms with E-state index in [0.29, 0.717) is 0 Å². The van der Waals surface area contributed by atoms with Gasteiger partial charge in [-0.1, -0.05) is 41.4 Å². The summed E-state index contributed by atoms with van der Waals surface area (Å²) >= 11 is 12.2. The molecular weight excluding hydrogens is 279 g/mol. The van der Waals surface area contributed by atoms with Crippen LogP contribution in [0.15, 0.2) is 42.5 Å². The van der Waals surface area contributed by atoms with Crippen molar-refractivity contribution in [3.8, 4) is 0 Å². The number of fused-ring (bicyclic) bond motifs is 1. The minimum absolute atomic E-state index is 0.0104. The predicted octanol–water partition coefficient (Wildman–Crippen LogP) is 4.01. The normalized spacial score (nSPS) is 17.6. The van der Waals surface area contributed by atoms with Crippen LogP contribution in [0.3, 0.4) is 0 Å². The highest BCUT2D eigenvalue weighted by Gasteiger charge is 2.26. The molecule has 2 aromatic rings. The molecule has 4 heteroatoms. The van der Waals surface area contributed by atoms with Gasteiger partial charge in [0.05, 0.1) is 0 Å². The van der Waals surface area contributed by atoms with Crippen molar-refractivity contribution in [2.24, 2.45) is 5.73 Å². The van der Waals surface area contributed by atoms with Crippen molar-refractivity contribution in [1.82, 2.24) is 0 Å². The number of benzene rings is 2. The van der Waals surface area contributed by atoms with E-state index in [1.165, 1.54) is 0 Å². The molecule has 0 spiro atoms. The molecule has 0 amide bonds. The highest BCUT2D eigenvalue weighted by molar-refractivity contribution is 6.31. The maximum absolute atomic E-state index is 6.21. The van der Waals surface area contributed by atoms with Crippen LogP contribution in [0, 0.1) is 0 Å². The number of hydrogen-bond donors (Lipinski definition) is 1. The molecule has 1 aliphatic rings. The quantitative estimate of drug-likeness (QED) is 0.906. The first-order valence-corrected chi connectivity index (χ1v) is 6.94. The zero-order valence-corrected chi connectivity index (χ0v) is 11.8. The van der Waals surface area contributed by atoms with Crippen LogP contribution >= 0.6 is 23.2 Å². The van der Waals surface area contributed by atoms with E-state index in [-0.39, 0.29) is 6.04 Å². The molecule has 19 heavy (non-hydrogen) atoms. The molecule has 1 atom stereocenters. The Bertz CT molecular complexity index is 613. The van der Waals surface area contributed by atoms with Gasteiger partial charge in [-0.2, -0.15) is 0 Å². The molecule has 0 radical (unpaired) electrons. The second-order valence-electron chi connectivity index (χ2n) is 4.78. The summed E-state index contributed by atoms with van der Waals surface area (Å²) in [6, 6.07) is 13.8. The fourth-order valence-electron chi connectivity index (χ4n) is 2.53. The molecule has 0 saturated carbocycles. The number of nitrogens with two attached hydrogens (primary N) is 1. The van der Waals surface area contributed by atoms with Gasteiger partial charge in [-0.3, -0.25) is 0 Å². The predicted molar refractivity (Wildman–Crippen MR) is 80.9 cm³/mol. The third-order valence-corrected chi connectivity index (χ3v) is 4.07. The standard InChI is InChI=1S/C15H14Cl2N2/c16-11-5-6-15-12(7-11)14(18)9-19(15)8-10-3-1-2-4-13(10)17/h1-7,14H,8-9,18H2.